The van der Waals surface area contributed by atoms with Crippen molar-refractivity contribution >= 4 is 10.0 Å². The van der Waals surface area contributed by atoms with Crippen molar-refractivity contribution in [3.8, 4) is 5.69 Å². The minimum Gasteiger partial charge on any atom is -0.303 e. The molecule has 0 radical (unpaired) electrons. The third kappa shape index (κ3) is 7.51. The number of alkyl halides is 3. The number of nitrogens with zero attached hydrogens (tertiary/aromatic N) is 2. The summed E-state index contributed by atoms with van der Waals surface area (Å²) in [5.74, 6) is 0.199. The molecule has 1 unspecified atom stereocenters. The van der Waals surface area contributed by atoms with Crippen LogP contribution in [0.5, 0.6) is 0 Å². The number of rotatable bonds is 7. The lowest BCUT2D eigenvalue weighted by atomic mass is 10.0. The molecule has 1 aromatic carbocycles. The maximum atomic E-state index is 13.1. The van der Waals surface area contributed by atoms with Gasteiger partial charge in [-0.15, -0.1) is 6.58 Å². The zero-order chi connectivity index (χ0) is 22.6. The van der Waals surface area contributed by atoms with Gasteiger partial charge in [-0.2, -0.15) is 0 Å². The number of halogens is 3. The van der Waals surface area contributed by atoms with Gasteiger partial charge in [0.1, 0.15) is 11.5 Å². The Morgan fingerprint density at radius 2 is 1.76 bits per heavy atom. The monoisotopic (exact) mass is 431 g/mol. The van der Waals surface area contributed by atoms with E-state index >= 15 is 0 Å². The number of allylic oxidation sites excluding steroid dienone is 3. The predicted octanol–water partition coefficient (Wildman–Crippen LogP) is 5.31. The Morgan fingerprint density at radius 1 is 1.21 bits per heavy atom. The molecule has 0 amide bonds. The van der Waals surface area contributed by atoms with Crippen LogP contribution in [-0.4, -0.2) is 25.1 Å². The van der Waals surface area contributed by atoms with Gasteiger partial charge in [-0.05, 0) is 37.6 Å². The number of hydrogen-bond donors (Lipinski definition) is 1. The van der Waals surface area contributed by atoms with Crippen LogP contribution in [0.1, 0.15) is 51.1 Å². The highest BCUT2D eigenvalue weighted by Crippen LogP contribution is 2.28. The first-order valence-electron chi connectivity index (χ1n) is 8.90. The summed E-state index contributed by atoms with van der Waals surface area (Å²) in [6.45, 7) is 9.52. The molecule has 29 heavy (non-hydrogen) atoms. The Hall–Kier alpha value is -2.39. The Bertz CT molecular complexity index is 877. The molecule has 0 spiro atoms. The second-order valence-corrected chi connectivity index (χ2v) is 6.95. The molecule has 0 aliphatic carbocycles. The van der Waals surface area contributed by atoms with E-state index < -0.39 is 16.4 Å². The van der Waals surface area contributed by atoms with Gasteiger partial charge in [-0.25, -0.2) is 27.3 Å². The average Bonchev–Trinajstić information content (AvgIpc) is 3.16. The van der Waals surface area contributed by atoms with Gasteiger partial charge < -0.3 is 4.57 Å². The van der Waals surface area contributed by atoms with Crippen LogP contribution >= 0.6 is 0 Å². The predicted molar refractivity (Wildman–Crippen MR) is 111 cm³/mol. The lowest BCUT2D eigenvalue weighted by Gasteiger charge is -2.14. The van der Waals surface area contributed by atoms with Crippen LogP contribution in [0, 0.1) is 0 Å². The summed E-state index contributed by atoms with van der Waals surface area (Å²) in [6.07, 6.45) is 4.44. The van der Waals surface area contributed by atoms with Crippen LogP contribution in [0.3, 0.4) is 0 Å². The Kier molecular flexibility index (Phi) is 11.9. The van der Waals surface area contributed by atoms with Gasteiger partial charge >= 0.3 is 0 Å². The molecule has 0 saturated carbocycles. The first-order valence-corrected chi connectivity index (χ1v) is 10.4. The second-order valence-electron chi connectivity index (χ2n) is 5.39. The highest BCUT2D eigenvalue weighted by Gasteiger charge is 2.21. The van der Waals surface area contributed by atoms with Gasteiger partial charge in [0.25, 0.3) is 6.43 Å². The maximum absolute atomic E-state index is 13.1. The molecular formula is C20H28F3N3O2S. The summed E-state index contributed by atoms with van der Waals surface area (Å²) in [5.41, 5.74) is 0.171. The van der Waals surface area contributed by atoms with Crippen molar-refractivity contribution in [2.24, 2.45) is 5.14 Å². The fourth-order valence-electron chi connectivity index (χ4n) is 2.47. The molecule has 0 bridgehead atoms. The fourth-order valence-corrected chi connectivity index (χ4v) is 2.98. The Morgan fingerprint density at radius 3 is 2.17 bits per heavy atom. The molecule has 162 valence electrons. The van der Waals surface area contributed by atoms with E-state index in [0.29, 0.717) is 25.1 Å². The first kappa shape index (κ1) is 26.6. The molecule has 1 heterocycles. The summed E-state index contributed by atoms with van der Waals surface area (Å²) in [5, 5.41) is 5.08. The number of benzene rings is 1. The van der Waals surface area contributed by atoms with Gasteiger partial charge in [0, 0.05) is 17.8 Å². The number of nitrogens with two attached hydrogens (primary N) is 1. The number of primary sulfonamides is 1. The van der Waals surface area contributed by atoms with Crippen LogP contribution in [0.2, 0.25) is 0 Å². The average molecular weight is 432 g/mol. The highest BCUT2D eigenvalue weighted by molar-refractivity contribution is 7.89. The van der Waals surface area contributed by atoms with Crippen molar-refractivity contribution in [1.82, 2.24) is 9.55 Å². The third-order valence-corrected chi connectivity index (χ3v) is 4.53. The Balaban J connectivity index is 0.00000184. The highest BCUT2D eigenvalue weighted by atomic mass is 32.2. The largest absolute Gasteiger partial charge is 0.303 e. The van der Waals surface area contributed by atoms with Gasteiger partial charge in [0.15, 0.2) is 0 Å². The molecule has 2 N–H and O–H groups in total. The number of imidazole rings is 1. The molecule has 1 atom stereocenters. The van der Waals surface area contributed by atoms with Gasteiger partial charge in [0.2, 0.25) is 10.0 Å². The van der Waals surface area contributed by atoms with E-state index in [1.165, 1.54) is 35.0 Å². The molecule has 0 aliphatic heterocycles. The zero-order valence-corrected chi connectivity index (χ0v) is 17.8. The SMILES string of the molecule is C=CCC(/C=C/C)c1nc(C(F)F)cn1-c1ccc(S(N)(=O)=O)cc1.CC.CF. The van der Waals surface area contributed by atoms with Crippen LogP contribution in [0.25, 0.3) is 5.69 Å². The molecule has 2 rings (SSSR count). The van der Waals surface area contributed by atoms with Gasteiger partial charge in [0.05, 0.1) is 12.1 Å². The number of hydrogen-bond acceptors (Lipinski definition) is 3. The van der Waals surface area contributed by atoms with E-state index in [1.54, 1.807) is 6.08 Å². The van der Waals surface area contributed by atoms with E-state index in [0.717, 1.165) is 0 Å². The third-order valence-electron chi connectivity index (χ3n) is 3.60. The second kappa shape index (κ2) is 12.9. The summed E-state index contributed by atoms with van der Waals surface area (Å²) in [6, 6.07) is 5.66. The first-order chi connectivity index (χ1) is 13.8. The molecule has 9 heteroatoms. The van der Waals surface area contributed by atoms with Crippen LogP contribution in [0.15, 0.2) is 60.2 Å². The van der Waals surface area contributed by atoms with E-state index in [-0.39, 0.29) is 16.5 Å². The lowest BCUT2D eigenvalue weighted by Crippen LogP contribution is -2.12. The topological polar surface area (TPSA) is 78.0 Å². The Labute approximate surface area is 170 Å². The van der Waals surface area contributed by atoms with E-state index in [9.17, 15) is 21.6 Å². The van der Waals surface area contributed by atoms with Crippen molar-refractivity contribution in [3.05, 3.63) is 66.8 Å². The molecule has 5 nitrogen and oxygen atoms in total. The van der Waals surface area contributed by atoms with Gasteiger partial charge in [-0.1, -0.05) is 32.1 Å². The maximum Gasteiger partial charge on any atom is 0.281 e. The van der Waals surface area contributed by atoms with Crippen molar-refractivity contribution in [1.29, 1.82) is 0 Å². The molecule has 0 aliphatic rings. The van der Waals surface area contributed by atoms with E-state index in [4.69, 9.17) is 5.14 Å². The van der Waals surface area contributed by atoms with Crippen molar-refractivity contribution in [2.75, 3.05) is 7.18 Å². The minimum atomic E-state index is -3.82. The summed E-state index contributed by atoms with van der Waals surface area (Å²) >= 11 is 0. The summed E-state index contributed by atoms with van der Waals surface area (Å²) < 4.78 is 60.0. The van der Waals surface area contributed by atoms with Gasteiger partial charge in [-0.3, -0.25) is 4.39 Å². The van der Waals surface area contributed by atoms with Crippen LogP contribution < -0.4 is 5.14 Å². The molecule has 2 aromatic rings. The zero-order valence-electron chi connectivity index (χ0n) is 17.0. The number of aromatic nitrogens is 2. The quantitative estimate of drug-likeness (QED) is 0.604. The fraction of sp³-hybridized carbons (Fsp3) is 0.350. The molecular weight excluding hydrogens is 403 g/mol. The van der Waals surface area contributed by atoms with Crippen molar-refractivity contribution < 1.29 is 21.6 Å². The lowest BCUT2D eigenvalue weighted by molar-refractivity contribution is 0.146. The van der Waals surface area contributed by atoms with E-state index in [1.807, 2.05) is 32.9 Å². The normalized spacial score (nSPS) is 12.0. The number of sulfonamides is 1. The molecule has 0 saturated heterocycles. The molecule has 1 aromatic heterocycles. The summed E-state index contributed by atoms with van der Waals surface area (Å²) in [4.78, 5) is 4.01. The minimum absolute atomic E-state index is 0.0527. The van der Waals surface area contributed by atoms with Crippen LogP contribution in [-0.2, 0) is 10.0 Å². The van der Waals surface area contributed by atoms with Crippen LogP contribution in [0.4, 0.5) is 13.2 Å². The smallest absolute Gasteiger partial charge is 0.281 e. The standard InChI is InChI=1S/C17H19F2N3O2S.C2H6.CH3F/c1-3-5-12(6-4-2)17-21-15(16(18)19)11-22(17)13-7-9-14(10-8-13)25(20,23)24;2*1-2/h3-4,6-12,16H,1,5H2,2H3,(H2,20,23,24);1-2H3;1H3/b6-4+;;. The van der Waals surface area contributed by atoms with E-state index in [2.05, 4.69) is 11.6 Å². The van der Waals surface area contributed by atoms with Crippen molar-refractivity contribution in [3.63, 3.8) is 0 Å². The van der Waals surface area contributed by atoms with Crippen molar-refractivity contribution in [2.45, 2.75) is 44.4 Å². The molecule has 0 fully saturated rings. The summed E-state index contributed by atoms with van der Waals surface area (Å²) in [7, 11) is -3.32.